The summed E-state index contributed by atoms with van der Waals surface area (Å²) in [5, 5.41) is 5.25. The number of likely N-dealkylation sites (tertiary alicyclic amines) is 1. The minimum atomic E-state index is -1.06. The molecule has 0 aliphatic carbocycles. The van der Waals surface area contributed by atoms with Crippen molar-refractivity contribution in [2.45, 2.75) is 37.6 Å². The average molecular weight is 441 g/mol. The fourth-order valence-corrected chi connectivity index (χ4v) is 4.78. The van der Waals surface area contributed by atoms with Crippen LogP contribution in [-0.2, 0) is 11.2 Å². The summed E-state index contributed by atoms with van der Waals surface area (Å²) in [5.41, 5.74) is 0.259. The van der Waals surface area contributed by atoms with Crippen LogP contribution in [0.1, 0.15) is 41.6 Å². The Morgan fingerprint density at radius 1 is 1.03 bits per heavy atom. The molecule has 0 radical (unpaired) electrons. The first-order chi connectivity index (χ1) is 15.4. The number of hydrogen-bond acceptors (Lipinski definition) is 3. The Morgan fingerprint density at radius 3 is 2.38 bits per heavy atom. The van der Waals surface area contributed by atoms with Crippen molar-refractivity contribution in [1.29, 1.82) is 0 Å². The molecule has 2 heterocycles. The fourth-order valence-electron chi connectivity index (χ4n) is 4.78. The lowest BCUT2D eigenvalue weighted by Gasteiger charge is -2.40. The van der Waals surface area contributed by atoms with Gasteiger partial charge in [-0.2, -0.15) is 0 Å². The molecule has 2 aromatic carbocycles. The van der Waals surface area contributed by atoms with Crippen LogP contribution in [0, 0.1) is 17.6 Å². The first-order valence-electron chi connectivity index (χ1n) is 10.8. The van der Waals surface area contributed by atoms with Gasteiger partial charge in [-0.3, -0.25) is 14.9 Å². The van der Waals surface area contributed by atoms with Crippen LogP contribution < -0.4 is 10.6 Å². The highest BCUT2D eigenvalue weighted by Gasteiger charge is 2.51. The summed E-state index contributed by atoms with van der Waals surface area (Å²) >= 11 is 0. The molecule has 168 valence electrons. The van der Waals surface area contributed by atoms with Crippen molar-refractivity contribution in [1.82, 2.24) is 15.5 Å². The summed E-state index contributed by atoms with van der Waals surface area (Å²) in [4.78, 5) is 39.1. The molecule has 2 aliphatic heterocycles. The van der Waals surface area contributed by atoms with Crippen molar-refractivity contribution in [2.75, 3.05) is 13.1 Å². The molecule has 0 unspecified atom stereocenters. The van der Waals surface area contributed by atoms with Gasteiger partial charge in [0.15, 0.2) is 11.6 Å². The maximum absolute atomic E-state index is 13.5. The molecule has 4 amide bonds. The molecule has 4 rings (SSSR count). The zero-order chi connectivity index (χ0) is 22.7. The van der Waals surface area contributed by atoms with Crippen molar-refractivity contribution in [2.24, 2.45) is 5.92 Å². The summed E-state index contributed by atoms with van der Waals surface area (Å²) in [6.45, 7) is 0.734. The predicted molar refractivity (Wildman–Crippen MR) is 114 cm³/mol. The molecule has 2 saturated heterocycles. The fraction of sp³-hybridized carbons (Fsp3) is 0.375. The second-order valence-electron chi connectivity index (χ2n) is 8.41. The summed E-state index contributed by atoms with van der Waals surface area (Å²) in [6, 6.07) is 12.6. The third kappa shape index (κ3) is 4.35. The van der Waals surface area contributed by atoms with Gasteiger partial charge in [-0.25, -0.2) is 13.6 Å². The SMILES string of the molecule is O=C1NC(=O)[C@](CCCc2ccccc2)(C2CCN(C(=O)c3ccc(F)c(F)c3)CC2)N1. The van der Waals surface area contributed by atoms with E-state index in [1.807, 2.05) is 30.3 Å². The van der Waals surface area contributed by atoms with Crippen molar-refractivity contribution < 1.29 is 23.2 Å². The monoisotopic (exact) mass is 441 g/mol. The number of benzene rings is 2. The minimum absolute atomic E-state index is 0.0897. The lowest BCUT2D eigenvalue weighted by molar-refractivity contribution is -0.127. The number of aryl methyl sites for hydroxylation is 1. The van der Waals surface area contributed by atoms with Gasteiger partial charge < -0.3 is 10.2 Å². The second-order valence-corrected chi connectivity index (χ2v) is 8.41. The van der Waals surface area contributed by atoms with E-state index in [4.69, 9.17) is 0 Å². The standard InChI is InChI=1S/C24H25F2N3O3/c25-19-9-8-17(15-20(19)26)21(30)29-13-10-18(11-14-29)24(22(31)27-23(32)28-24)12-4-7-16-5-2-1-3-6-16/h1-3,5-6,8-9,15,18H,4,7,10-14H2,(H2,27,28,31,32)/t24-/m0/s1. The van der Waals surface area contributed by atoms with E-state index >= 15 is 0 Å². The highest BCUT2D eigenvalue weighted by atomic mass is 19.2. The van der Waals surface area contributed by atoms with Gasteiger partial charge in [0, 0.05) is 18.7 Å². The van der Waals surface area contributed by atoms with Gasteiger partial charge in [-0.15, -0.1) is 0 Å². The van der Waals surface area contributed by atoms with Crippen molar-refractivity contribution >= 4 is 17.8 Å². The Labute approximate surface area is 185 Å². The Kier molecular flexibility index (Phi) is 6.21. The summed E-state index contributed by atoms with van der Waals surface area (Å²) in [7, 11) is 0. The number of piperidine rings is 1. The minimum Gasteiger partial charge on any atom is -0.339 e. The average Bonchev–Trinajstić information content (AvgIpc) is 3.09. The van der Waals surface area contributed by atoms with E-state index in [9.17, 15) is 23.2 Å². The topological polar surface area (TPSA) is 78.5 Å². The smallest absolute Gasteiger partial charge is 0.322 e. The zero-order valence-corrected chi connectivity index (χ0v) is 17.6. The molecule has 0 aromatic heterocycles. The van der Waals surface area contributed by atoms with E-state index in [0.29, 0.717) is 32.4 Å². The van der Waals surface area contributed by atoms with Gasteiger partial charge >= 0.3 is 6.03 Å². The number of halogens is 2. The third-order valence-corrected chi connectivity index (χ3v) is 6.49. The lowest BCUT2D eigenvalue weighted by atomic mass is 9.74. The van der Waals surface area contributed by atoms with Crippen LogP contribution in [0.4, 0.5) is 13.6 Å². The van der Waals surface area contributed by atoms with Gasteiger partial charge in [0.05, 0.1) is 0 Å². The summed E-state index contributed by atoms with van der Waals surface area (Å²) in [6.07, 6.45) is 3.06. The molecule has 2 N–H and O–H groups in total. The van der Waals surface area contributed by atoms with Crippen molar-refractivity contribution in [3.63, 3.8) is 0 Å². The van der Waals surface area contributed by atoms with Crippen LogP contribution in [-0.4, -0.2) is 41.4 Å². The van der Waals surface area contributed by atoms with Crippen LogP contribution in [0.25, 0.3) is 0 Å². The quantitative estimate of drug-likeness (QED) is 0.675. The number of carbonyl (C=O) groups excluding carboxylic acids is 3. The summed E-state index contributed by atoms with van der Waals surface area (Å²) < 4.78 is 26.7. The number of nitrogens with zero attached hydrogens (tertiary/aromatic N) is 1. The number of hydrogen-bond donors (Lipinski definition) is 2. The Balaban J connectivity index is 1.42. The van der Waals surface area contributed by atoms with Crippen molar-refractivity contribution in [3.8, 4) is 0 Å². The zero-order valence-electron chi connectivity index (χ0n) is 17.6. The second kappa shape index (κ2) is 9.06. The molecule has 6 nitrogen and oxygen atoms in total. The van der Waals surface area contributed by atoms with E-state index in [1.54, 1.807) is 4.90 Å². The van der Waals surface area contributed by atoms with E-state index in [2.05, 4.69) is 10.6 Å². The van der Waals surface area contributed by atoms with Gasteiger partial charge in [-0.1, -0.05) is 30.3 Å². The predicted octanol–water partition coefficient (Wildman–Crippen LogP) is 3.42. The largest absolute Gasteiger partial charge is 0.339 e. The molecular formula is C24H25F2N3O3. The third-order valence-electron chi connectivity index (χ3n) is 6.49. The number of rotatable bonds is 6. The van der Waals surface area contributed by atoms with Crippen LogP contribution >= 0.6 is 0 Å². The Hall–Kier alpha value is -3.29. The number of amides is 4. The number of nitrogens with one attached hydrogen (secondary N) is 2. The molecule has 2 aromatic rings. The number of urea groups is 1. The van der Waals surface area contributed by atoms with Crippen LogP contribution in [0.5, 0.6) is 0 Å². The van der Waals surface area contributed by atoms with Crippen LogP contribution in [0.3, 0.4) is 0 Å². The molecule has 0 spiro atoms. The van der Waals surface area contributed by atoms with Crippen LogP contribution in [0.2, 0.25) is 0 Å². The lowest BCUT2D eigenvalue weighted by Crippen LogP contribution is -2.56. The maximum atomic E-state index is 13.5. The van der Waals surface area contributed by atoms with Gasteiger partial charge in [-0.05, 0) is 61.8 Å². The highest BCUT2D eigenvalue weighted by molar-refractivity contribution is 6.07. The van der Waals surface area contributed by atoms with Gasteiger partial charge in [0.1, 0.15) is 5.54 Å². The Morgan fingerprint density at radius 2 is 1.75 bits per heavy atom. The number of imide groups is 1. The normalized spacial score (nSPS) is 21.4. The molecule has 8 heteroatoms. The van der Waals surface area contributed by atoms with Crippen LogP contribution in [0.15, 0.2) is 48.5 Å². The van der Waals surface area contributed by atoms with E-state index in [-0.39, 0.29) is 23.3 Å². The molecule has 1 atom stereocenters. The number of carbonyl (C=O) groups is 3. The van der Waals surface area contributed by atoms with E-state index < -0.39 is 23.2 Å². The van der Waals surface area contributed by atoms with Gasteiger partial charge in [0.2, 0.25) is 0 Å². The summed E-state index contributed by atoms with van der Waals surface area (Å²) in [5.74, 6) is -2.88. The molecule has 2 aliphatic rings. The first kappa shape index (κ1) is 21.9. The molecule has 2 fully saturated rings. The maximum Gasteiger partial charge on any atom is 0.322 e. The van der Waals surface area contributed by atoms with E-state index in [0.717, 1.165) is 25.0 Å². The molecule has 0 bridgehead atoms. The first-order valence-corrected chi connectivity index (χ1v) is 10.8. The Bertz CT molecular complexity index is 1020. The molecule has 0 saturated carbocycles. The molecule has 32 heavy (non-hydrogen) atoms. The van der Waals surface area contributed by atoms with Gasteiger partial charge in [0.25, 0.3) is 11.8 Å². The van der Waals surface area contributed by atoms with Crippen molar-refractivity contribution in [3.05, 3.63) is 71.3 Å². The molecular weight excluding hydrogens is 416 g/mol. The highest BCUT2D eigenvalue weighted by Crippen LogP contribution is 2.35. The van der Waals surface area contributed by atoms with E-state index in [1.165, 1.54) is 11.6 Å².